The molecule has 1 aromatic carbocycles. The summed E-state index contributed by atoms with van der Waals surface area (Å²) in [5.41, 5.74) is 4.48. The molecule has 9 heteroatoms. The lowest BCUT2D eigenvalue weighted by Gasteiger charge is -2.25. The van der Waals surface area contributed by atoms with Crippen LogP contribution in [0.15, 0.2) is 23.0 Å². The highest BCUT2D eigenvalue weighted by molar-refractivity contribution is 6.23. The first-order valence-electron chi connectivity index (χ1n) is 8.40. The van der Waals surface area contributed by atoms with Crippen molar-refractivity contribution < 1.29 is 23.1 Å². The van der Waals surface area contributed by atoms with Gasteiger partial charge in [-0.3, -0.25) is 24.3 Å². The molecule has 1 aliphatic carbocycles. The molecule has 2 amide bonds. The van der Waals surface area contributed by atoms with E-state index in [1.165, 1.54) is 0 Å². The first-order chi connectivity index (χ1) is 12.9. The topological polar surface area (TPSA) is 103 Å². The number of aromatic nitrogens is 1. The van der Waals surface area contributed by atoms with E-state index in [1.54, 1.807) is 0 Å². The van der Waals surface area contributed by atoms with Crippen molar-refractivity contribution in [3.05, 3.63) is 51.3 Å². The van der Waals surface area contributed by atoms with Crippen LogP contribution in [0.4, 0.5) is 14.6 Å². The van der Waals surface area contributed by atoms with Gasteiger partial charge in [0.1, 0.15) is 5.82 Å². The number of ether oxygens (including phenoxy) is 1. The van der Waals surface area contributed by atoms with Gasteiger partial charge in [0.15, 0.2) is 17.4 Å². The minimum absolute atomic E-state index is 0.167. The molecule has 2 aromatic rings. The van der Waals surface area contributed by atoms with Crippen LogP contribution < -0.4 is 21.3 Å². The number of halogens is 2. The lowest BCUT2D eigenvalue weighted by Crippen LogP contribution is -2.24. The summed E-state index contributed by atoms with van der Waals surface area (Å²) in [5, 5.41) is 2.02. The zero-order valence-corrected chi connectivity index (χ0v) is 14.1. The van der Waals surface area contributed by atoms with Crippen molar-refractivity contribution in [3.8, 4) is 11.4 Å². The molecule has 1 aliphatic heterocycles. The number of benzene rings is 1. The molecule has 1 fully saturated rings. The van der Waals surface area contributed by atoms with Crippen LogP contribution in [0.1, 0.15) is 40.0 Å². The van der Waals surface area contributed by atoms with Crippen molar-refractivity contribution in [3.63, 3.8) is 0 Å². The molecule has 27 heavy (non-hydrogen) atoms. The third-order valence-corrected chi connectivity index (χ3v) is 4.88. The zero-order valence-electron chi connectivity index (χ0n) is 14.1. The van der Waals surface area contributed by atoms with E-state index in [0.717, 1.165) is 42.0 Å². The molecule has 7 nitrogen and oxygen atoms in total. The molecular formula is C18H15F2N3O4. The van der Waals surface area contributed by atoms with Gasteiger partial charge in [-0.1, -0.05) is 6.42 Å². The molecule has 2 aliphatic rings. The summed E-state index contributed by atoms with van der Waals surface area (Å²) < 4.78 is 34.8. The van der Waals surface area contributed by atoms with E-state index in [9.17, 15) is 23.2 Å². The number of hydrogen-bond donors (Lipinski definition) is 2. The van der Waals surface area contributed by atoms with Crippen LogP contribution in [0.5, 0.6) is 5.75 Å². The normalized spacial score (nSPS) is 16.1. The minimum atomic E-state index is -0.989. The molecular weight excluding hydrogens is 360 g/mol. The third-order valence-electron chi connectivity index (χ3n) is 4.88. The predicted molar refractivity (Wildman–Crippen MR) is 91.0 cm³/mol. The number of nitrogens with two attached hydrogens (primary N) is 1. The van der Waals surface area contributed by atoms with Gasteiger partial charge < -0.3 is 10.5 Å². The van der Waals surface area contributed by atoms with Crippen LogP contribution in [-0.2, 0) is 0 Å². The molecule has 4 rings (SSSR count). The number of anilines is 1. The van der Waals surface area contributed by atoms with Crippen LogP contribution in [0.25, 0.3) is 5.69 Å². The van der Waals surface area contributed by atoms with Crippen LogP contribution >= 0.6 is 0 Å². The number of imide groups is 1. The average molecular weight is 375 g/mol. The van der Waals surface area contributed by atoms with Crippen molar-refractivity contribution in [2.24, 2.45) is 5.92 Å². The summed E-state index contributed by atoms with van der Waals surface area (Å²) in [5.74, 6) is -4.11. The number of pyridine rings is 1. The summed E-state index contributed by atoms with van der Waals surface area (Å²) >= 11 is 0. The molecule has 0 bridgehead atoms. The van der Waals surface area contributed by atoms with Gasteiger partial charge in [0.25, 0.3) is 17.4 Å². The largest absolute Gasteiger partial charge is 0.487 e. The molecule has 0 atom stereocenters. The van der Waals surface area contributed by atoms with E-state index in [4.69, 9.17) is 10.5 Å². The maximum atomic E-state index is 14.4. The Bertz CT molecular complexity index is 1020. The van der Waals surface area contributed by atoms with Gasteiger partial charge in [-0.15, -0.1) is 0 Å². The first kappa shape index (κ1) is 17.2. The number of carbonyl (C=O) groups is 2. The maximum Gasteiger partial charge on any atom is 0.262 e. The number of rotatable bonds is 4. The van der Waals surface area contributed by atoms with Gasteiger partial charge in [-0.25, -0.2) is 8.78 Å². The van der Waals surface area contributed by atoms with E-state index in [-0.39, 0.29) is 35.2 Å². The summed E-state index contributed by atoms with van der Waals surface area (Å²) in [6.07, 6.45) is 3.00. The molecule has 0 spiro atoms. The Morgan fingerprint density at radius 2 is 1.78 bits per heavy atom. The van der Waals surface area contributed by atoms with Gasteiger partial charge >= 0.3 is 0 Å². The van der Waals surface area contributed by atoms with E-state index < -0.39 is 34.8 Å². The lowest BCUT2D eigenvalue weighted by molar-refractivity contribution is 0.0880. The lowest BCUT2D eigenvalue weighted by atomic mass is 9.86. The standard InChI is InChI=1S/C18H15F2N3O4/c19-11-4-9(5-12(20)15(11)27-7-8-2-1-3-8)23-13(24)6-10-14(16(23)21)18(26)22-17(10)25/h4-6,8H,1-3,7,21H2,(H,22,25,26). The van der Waals surface area contributed by atoms with E-state index in [0.29, 0.717) is 0 Å². The molecule has 0 saturated heterocycles. The summed E-state index contributed by atoms with van der Waals surface area (Å²) in [7, 11) is 0. The Morgan fingerprint density at radius 1 is 1.11 bits per heavy atom. The molecule has 140 valence electrons. The van der Waals surface area contributed by atoms with Crippen molar-refractivity contribution in [1.29, 1.82) is 0 Å². The fourth-order valence-corrected chi connectivity index (χ4v) is 3.22. The van der Waals surface area contributed by atoms with Crippen molar-refractivity contribution >= 4 is 17.6 Å². The number of carbonyl (C=O) groups excluding carboxylic acids is 2. The van der Waals surface area contributed by atoms with E-state index in [1.807, 2.05) is 5.32 Å². The number of amides is 2. The van der Waals surface area contributed by atoms with Crippen LogP contribution in [0.2, 0.25) is 0 Å². The number of nitrogens with one attached hydrogen (secondary N) is 1. The third kappa shape index (κ3) is 2.75. The molecule has 2 heterocycles. The first-order valence-corrected chi connectivity index (χ1v) is 8.40. The van der Waals surface area contributed by atoms with Gasteiger partial charge in [0.2, 0.25) is 0 Å². The molecule has 0 radical (unpaired) electrons. The van der Waals surface area contributed by atoms with Gasteiger partial charge in [0, 0.05) is 18.2 Å². The highest BCUT2D eigenvalue weighted by atomic mass is 19.1. The highest BCUT2D eigenvalue weighted by Gasteiger charge is 2.32. The van der Waals surface area contributed by atoms with Crippen molar-refractivity contribution in [1.82, 2.24) is 9.88 Å². The molecule has 3 N–H and O–H groups in total. The Labute approximate surface area is 151 Å². The second-order valence-corrected chi connectivity index (χ2v) is 6.62. The SMILES string of the molecule is Nc1c2c(cc(=O)n1-c1cc(F)c(OCC3CCC3)c(F)c1)C(=O)NC2=O. The highest BCUT2D eigenvalue weighted by Crippen LogP contribution is 2.31. The second kappa shape index (κ2) is 6.19. The fraction of sp³-hybridized carbons (Fsp3) is 0.278. The van der Waals surface area contributed by atoms with Crippen LogP contribution in [0, 0.1) is 17.6 Å². The van der Waals surface area contributed by atoms with Gasteiger partial charge in [0.05, 0.1) is 23.4 Å². The van der Waals surface area contributed by atoms with Crippen molar-refractivity contribution in [2.75, 3.05) is 12.3 Å². The summed E-state index contributed by atoms with van der Waals surface area (Å²) in [6, 6.07) is 2.71. The number of fused-ring (bicyclic) bond motifs is 1. The average Bonchev–Trinajstić information content (AvgIpc) is 2.82. The van der Waals surface area contributed by atoms with Crippen LogP contribution in [0.3, 0.4) is 0 Å². The quantitative estimate of drug-likeness (QED) is 0.793. The summed E-state index contributed by atoms with van der Waals surface area (Å²) in [4.78, 5) is 35.9. The Kier molecular flexibility index (Phi) is 3.94. The number of nitrogen functional groups attached to an aromatic ring is 1. The summed E-state index contributed by atoms with van der Waals surface area (Å²) in [6.45, 7) is 0.219. The molecule has 1 aromatic heterocycles. The maximum absolute atomic E-state index is 14.4. The zero-order chi connectivity index (χ0) is 19.3. The van der Waals surface area contributed by atoms with Gasteiger partial charge in [-0.2, -0.15) is 0 Å². The smallest absolute Gasteiger partial charge is 0.262 e. The Balaban J connectivity index is 1.76. The molecule has 0 unspecified atom stereocenters. The van der Waals surface area contributed by atoms with Crippen LogP contribution in [-0.4, -0.2) is 23.0 Å². The van der Waals surface area contributed by atoms with Gasteiger partial charge in [-0.05, 0) is 18.8 Å². The molecule has 1 saturated carbocycles. The fourth-order valence-electron chi connectivity index (χ4n) is 3.22. The number of hydrogen-bond acceptors (Lipinski definition) is 5. The Morgan fingerprint density at radius 3 is 2.37 bits per heavy atom. The number of nitrogens with zero attached hydrogens (tertiary/aromatic N) is 1. The van der Waals surface area contributed by atoms with Crippen molar-refractivity contribution in [2.45, 2.75) is 19.3 Å². The van der Waals surface area contributed by atoms with E-state index >= 15 is 0 Å². The van der Waals surface area contributed by atoms with E-state index in [2.05, 4.69) is 0 Å². The second-order valence-electron chi connectivity index (χ2n) is 6.62. The Hall–Kier alpha value is -3.23. The predicted octanol–water partition coefficient (Wildman–Crippen LogP) is 1.76. The monoisotopic (exact) mass is 375 g/mol. The minimum Gasteiger partial charge on any atom is -0.487 e.